The molecule has 0 aliphatic rings. The predicted octanol–water partition coefficient (Wildman–Crippen LogP) is 2.14. The molecular weight excluding hydrogens is 304 g/mol. The van der Waals surface area contributed by atoms with E-state index in [4.69, 9.17) is 4.74 Å². The lowest BCUT2D eigenvalue weighted by Crippen LogP contribution is -2.23. The van der Waals surface area contributed by atoms with Gasteiger partial charge < -0.3 is 20.3 Å². The second kappa shape index (κ2) is 9.04. The van der Waals surface area contributed by atoms with Gasteiger partial charge in [0, 0.05) is 0 Å². The Labute approximate surface area is 142 Å². The van der Waals surface area contributed by atoms with Crippen LogP contribution in [0.5, 0.6) is 5.75 Å². The molecule has 5 heteroatoms. The van der Waals surface area contributed by atoms with E-state index in [1.807, 2.05) is 30.3 Å². The molecule has 0 bridgehead atoms. The van der Waals surface area contributed by atoms with E-state index in [2.05, 4.69) is 11.4 Å². The fraction of sp³-hybridized carbons (Fsp3) is 0.316. The Bertz CT molecular complexity index is 683. The smallest absolute Gasteiger partial charge is 0.137 e. The largest absolute Gasteiger partial charge is 0.488 e. The van der Waals surface area contributed by atoms with Crippen molar-refractivity contribution in [3.05, 3.63) is 65.2 Å². The number of aliphatic hydroxyl groups excluding tert-OH is 2. The molecule has 2 aromatic carbocycles. The van der Waals surface area contributed by atoms with Gasteiger partial charge in [0.1, 0.15) is 24.5 Å². The molecule has 3 N–H and O–H groups in total. The number of hydrogen-bond acceptors (Lipinski definition) is 5. The molecule has 0 aliphatic heterocycles. The number of nitrogens with zero attached hydrogens (tertiary/aromatic N) is 1. The molecule has 5 nitrogen and oxygen atoms in total. The van der Waals surface area contributed by atoms with Crippen LogP contribution in [0.15, 0.2) is 48.5 Å². The number of benzene rings is 2. The van der Waals surface area contributed by atoms with Gasteiger partial charge in [0.05, 0.1) is 11.7 Å². The molecule has 0 aromatic heterocycles. The van der Waals surface area contributed by atoms with Crippen molar-refractivity contribution in [2.75, 3.05) is 13.6 Å². The van der Waals surface area contributed by atoms with Crippen LogP contribution < -0.4 is 10.1 Å². The SMILES string of the molecule is CNCCC(O)C(O)c1ccc(C#N)c(OCc2ccccc2)c1. The highest BCUT2D eigenvalue weighted by Crippen LogP contribution is 2.27. The van der Waals surface area contributed by atoms with Crippen LogP contribution >= 0.6 is 0 Å². The van der Waals surface area contributed by atoms with Gasteiger partial charge in [-0.15, -0.1) is 0 Å². The van der Waals surface area contributed by atoms with Crippen LogP contribution in [0.3, 0.4) is 0 Å². The van der Waals surface area contributed by atoms with Crippen molar-refractivity contribution in [3.63, 3.8) is 0 Å². The van der Waals surface area contributed by atoms with E-state index in [1.54, 1.807) is 25.2 Å². The van der Waals surface area contributed by atoms with Crippen molar-refractivity contribution in [1.82, 2.24) is 5.32 Å². The first-order valence-corrected chi connectivity index (χ1v) is 7.87. The number of nitriles is 1. The average molecular weight is 326 g/mol. The number of nitrogens with one attached hydrogen (secondary N) is 1. The van der Waals surface area contributed by atoms with Crippen molar-refractivity contribution in [2.45, 2.75) is 25.2 Å². The summed E-state index contributed by atoms with van der Waals surface area (Å²) in [6, 6.07) is 16.6. The zero-order chi connectivity index (χ0) is 17.4. The van der Waals surface area contributed by atoms with E-state index in [0.717, 1.165) is 5.56 Å². The first-order valence-electron chi connectivity index (χ1n) is 7.87. The van der Waals surface area contributed by atoms with Crippen LogP contribution in [0.4, 0.5) is 0 Å². The number of hydrogen-bond donors (Lipinski definition) is 3. The summed E-state index contributed by atoms with van der Waals surface area (Å²) >= 11 is 0. The Hall–Kier alpha value is -2.39. The van der Waals surface area contributed by atoms with Gasteiger partial charge in [-0.3, -0.25) is 0 Å². The minimum atomic E-state index is -1.02. The fourth-order valence-electron chi connectivity index (χ4n) is 2.34. The number of ether oxygens (including phenoxy) is 1. The molecule has 2 aromatic rings. The second-order valence-corrected chi connectivity index (χ2v) is 5.55. The zero-order valence-electron chi connectivity index (χ0n) is 13.6. The Balaban J connectivity index is 2.13. The summed E-state index contributed by atoms with van der Waals surface area (Å²) < 4.78 is 5.74. The van der Waals surface area contributed by atoms with Gasteiger partial charge >= 0.3 is 0 Å². The van der Waals surface area contributed by atoms with Crippen molar-refractivity contribution < 1.29 is 14.9 Å². The highest BCUT2D eigenvalue weighted by atomic mass is 16.5. The van der Waals surface area contributed by atoms with Crippen LogP contribution in [-0.4, -0.2) is 29.9 Å². The number of rotatable bonds is 8. The summed E-state index contributed by atoms with van der Waals surface area (Å²) in [4.78, 5) is 0. The third-order valence-corrected chi connectivity index (χ3v) is 3.76. The molecule has 0 spiro atoms. The van der Waals surface area contributed by atoms with E-state index >= 15 is 0 Å². The summed E-state index contributed by atoms with van der Waals surface area (Å²) in [5.41, 5.74) is 1.91. The van der Waals surface area contributed by atoms with Crippen molar-refractivity contribution >= 4 is 0 Å². The van der Waals surface area contributed by atoms with Gasteiger partial charge in [-0.25, -0.2) is 0 Å². The third kappa shape index (κ3) is 4.80. The van der Waals surface area contributed by atoms with E-state index in [9.17, 15) is 15.5 Å². The standard InChI is InChI=1S/C19H22N2O3/c1-21-10-9-17(22)19(23)15-7-8-16(12-20)18(11-15)24-13-14-5-3-2-4-6-14/h2-8,11,17,19,21-23H,9-10,13H2,1H3. The Kier molecular flexibility index (Phi) is 6.76. The second-order valence-electron chi connectivity index (χ2n) is 5.55. The van der Waals surface area contributed by atoms with Gasteiger partial charge in [-0.05, 0) is 43.3 Å². The van der Waals surface area contributed by atoms with Gasteiger partial charge in [-0.2, -0.15) is 5.26 Å². The molecule has 126 valence electrons. The zero-order valence-corrected chi connectivity index (χ0v) is 13.6. The molecule has 2 rings (SSSR count). The first kappa shape index (κ1) is 18.0. The molecule has 2 atom stereocenters. The quantitative estimate of drug-likeness (QED) is 0.692. The van der Waals surface area contributed by atoms with Crippen molar-refractivity contribution in [3.8, 4) is 11.8 Å². The van der Waals surface area contributed by atoms with Gasteiger partial charge in [0.15, 0.2) is 0 Å². The van der Waals surface area contributed by atoms with Crippen molar-refractivity contribution in [2.24, 2.45) is 0 Å². The van der Waals surface area contributed by atoms with Gasteiger partial charge in [0.25, 0.3) is 0 Å². The van der Waals surface area contributed by atoms with E-state index in [0.29, 0.717) is 36.4 Å². The Morgan fingerprint density at radius 1 is 1.17 bits per heavy atom. The van der Waals surface area contributed by atoms with E-state index in [1.165, 1.54) is 0 Å². The molecule has 0 saturated heterocycles. The maximum atomic E-state index is 10.3. The monoisotopic (exact) mass is 326 g/mol. The van der Waals surface area contributed by atoms with Crippen LogP contribution in [0, 0.1) is 11.3 Å². The topological polar surface area (TPSA) is 85.5 Å². The van der Waals surface area contributed by atoms with E-state index in [-0.39, 0.29) is 0 Å². The summed E-state index contributed by atoms with van der Waals surface area (Å²) in [5, 5.41) is 32.5. The molecule has 0 amide bonds. The number of aliphatic hydroxyl groups is 2. The van der Waals surface area contributed by atoms with Crippen LogP contribution in [-0.2, 0) is 6.61 Å². The van der Waals surface area contributed by atoms with Gasteiger partial charge in [0.2, 0.25) is 0 Å². The summed E-state index contributed by atoms with van der Waals surface area (Å²) in [6.45, 7) is 0.934. The maximum Gasteiger partial charge on any atom is 0.137 e. The minimum absolute atomic E-state index is 0.331. The summed E-state index contributed by atoms with van der Waals surface area (Å²) in [5.74, 6) is 0.402. The first-order chi connectivity index (χ1) is 11.7. The fourth-order valence-corrected chi connectivity index (χ4v) is 2.34. The predicted molar refractivity (Wildman–Crippen MR) is 91.4 cm³/mol. The average Bonchev–Trinajstić information content (AvgIpc) is 2.64. The lowest BCUT2D eigenvalue weighted by molar-refractivity contribution is 0.0139. The van der Waals surface area contributed by atoms with Crippen LogP contribution in [0.2, 0.25) is 0 Å². The highest BCUT2D eigenvalue weighted by molar-refractivity contribution is 5.46. The summed E-state index contributed by atoms with van der Waals surface area (Å²) in [7, 11) is 1.79. The minimum Gasteiger partial charge on any atom is -0.488 e. The molecule has 0 radical (unpaired) electrons. The lowest BCUT2D eigenvalue weighted by Gasteiger charge is -2.19. The molecule has 0 heterocycles. The van der Waals surface area contributed by atoms with Crippen LogP contribution in [0.1, 0.15) is 29.2 Å². The van der Waals surface area contributed by atoms with Crippen molar-refractivity contribution in [1.29, 1.82) is 5.26 Å². The van der Waals surface area contributed by atoms with Gasteiger partial charge in [-0.1, -0.05) is 36.4 Å². The molecule has 24 heavy (non-hydrogen) atoms. The molecule has 0 aliphatic carbocycles. The molecule has 2 unspecified atom stereocenters. The molecule has 0 fully saturated rings. The highest BCUT2D eigenvalue weighted by Gasteiger charge is 2.19. The summed E-state index contributed by atoms with van der Waals surface area (Å²) in [6.07, 6.45) is -1.48. The maximum absolute atomic E-state index is 10.3. The van der Waals surface area contributed by atoms with E-state index < -0.39 is 12.2 Å². The lowest BCUT2D eigenvalue weighted by atomic mass is 10.0. The Morgan fingerprint density at radius 3 is 2.58 bits per heavy atom. The normalized spacial score (nSPS) is 13.1. The van der Waals surface area contributed by atoms with Crippen LogP contribution in [0.25, 0.3) is 0 Å². The molecule has 0 saturated carbocycles. The third-order valence-electron chi connectivity index (χ3n) is 3.76. The molecular formula is C19H22N2O3. The Morgan fingerprint density at radius 2 is 1.92 bits per heavy atom.